The third-order valence-electron chi connectivity index (χ3n) is 10.3. The first-order valence-corrected chi connectivity index (χ1v) is 18.0. The summed E-state index contributed by atoms with van der Waals surface area (Å²) in [5.74, 6) is 1.72. The van der Waals surface area contributed by atoms with Crippen molar-refractivity contribution in [3.8, 4) is 56.4 Å². The number of furan rings is 2. The molecule has 0 bridgehead atoms. The third kappa shape index (κ3) is 4.90. The highest BCUT2D eigenvalue weighted by Crippen LogP contribution is 2.41. The Hall–Kier alpha value is -7.37. The van der Waals surface area contributed by atoms with Gasteiger partial charge in [-0.25, -0.2) is 15.0 Å². The maximum Gasteiger partial charge on any atom is 0.164 e. The van der Waals surface area contributed by atoms with Crippen LogP contribution in [0.2, 0.25) is 0 Å². The molecule has 5 heteroatoms. The van der Waals surface area contributed by atoms with Gasteiger partial charge in [-0.15, -0.1) is 0 Å². The van der Waals surface area contributed by atoms with Crippen molar-refractivity contribution in [2.75, 3.05) is 0 Å². The van der Waals surface area contributed by atoms with Gasteiger partial charge in [0.15, 0.2) is 17.5 Å². The fourth-order valence-corrected chi connectivity index (χ4v) is 7.83. The van der Waals surface area contributed by atoms with Crippen LogP contribution in [0.3, 0.4) is 0 Å². The second-order valence-corrected chi connectivity index (χ2v) is 13.5. The fraction of sp³-hybridized carbons (Fsp3) is 0. The van der Waals surface area contributed by atoms with Gasteiger partial charge >= 0.3 is 0 Å². The molecular formula is C49H29N3O2. The highest BCUT2D eigenvalue weighted by Gasteiger charge is 2.21. The second kappa shape index (κ2) is 12.1. The smallest absolute Gasteiger partial charge is 0.164 e. The summed E-state index contributed by atoms with van der Waals surface area (Å²) in [5, 5.41) is 6.37. The summed E-state index contributed by atoms with van der Waals surface area (Å²) in [5.41, 5.74) is 10.3. The molecule has 3 aromatic heterocycles. The van der Waals surface area contributed by atoms with Gasteiger partial charge in [0.2, 0.25) is 0 Å². The Bertz CT molecular complexity index is 3230. The van der Waals surface area contributed by atoms with Gasteiger partial charge in [-0.05, 0) is 69.4 Å². The van der Waals surface area contributed by atoms with Crippen molar-refractivity contribution in [3.63, 3.8) is 0 Å². The number of benzene rings is 8. The Kier molecular flexibility index (Phi) is 6.79. The zero-order valence-electron chi connectivity index (χ0n) is 28.9. The monoisotopic (exact) mass is 691 g/mol. The second-order valence-electron chi connectivity index (χ2n) is 13.5. The molecule has 0 aliphatic carbocycles. The summed E-state index contributed by atoms with van der Waals surface area (Å²) in [6.07, 6.45) is 0. The van der Waals surface area contributed by atoms with Crippen LogP contribution in [0.4, 0.5) is 0 Å². The highest BCUT2D eigenvalue weighted by atomic mass is 16.3. The van der Waals surface area contributed by atoms with Crippen LogP contribution in [0.5, 0.6) is 0 Å². The summed E-state index contributed by atoms with van der Waals surface area (Å²) in [7, 11) is 0. The van der Waals surface area contributed by atoms with E-state index >= 15 is 0 Å². The van der Waals surface area contributed by atoms with E-state index in [1.807, 2.05) is 48.5 Å². The number of hydrogen-bond acceptors (Lipinski definition) is 5. The Morgan fingerprint density at radius 2 is 0.833 bits per heavy atom. The van der Waals surface area contributed by atoms with Crippen molar-refractivity contribution in [2.24, 2.45) is 0 Å². The molecule has 0 saturated carbocycles. The van der Waals surface area contributed by atoms with Crippen LogP contribution in [-0.4, -0.2) is 15.0 Å². The molecule has 0 unspecified atom stereocenters. The van der Waals surface area contributed by atoms with E-state index in [2.05, 4.69) is 127 Å². The molecule has 3 heterocycles. The molecule has 0 spiro atoms. The van der Waals surface area contributed by atoms with E-state index in [0.29, 0.717) is 17.5 Å². The van der Waals surface area contributed by atoms with E-state index in [1.165, 1.54) is 16.3 Å². The first kappa shape index (κ1) is 30.3. The van der Waals surface area contributed by atoms with Gasteiger partial charge in [-0.1, -0.05) is 140 Å². The number of aromatic nitrogens is 3. The van der Waals surface area contributed by atoms with Gasteiger partial charge < -0.3 is 8.83 Å². The van der Waals surface area contributed by atoms with Crippen molar-refractivity contribution in [1.82, 2.24) is 15.0 Å². The largest absolute Gasteiger partial charge is 0.456 e. The predicted molar refractivity (Wildman–Crippen MR) is 219 cm³/mol. The molecule has 5 nitrogen and oxygen atoms in total. The fourth-order valence-electron chi connectivity index (χ4n) is 7.83. The first-order valence-electron chi connectivity index (χ1n) is 18.0. The average molecular weight is 692 g/mol. The molecule has 54 heavy (non-hydrogen) atoms. The van der Waals surface area contributed by atoms with Crippen LogP contribution >= 0.6 is 0 Å². The summed E-state index contributed by atoms with van der Waals surface area (Å²) in [6, 6.07) is 60.4. The lowest BCUT2D eigenvalue weighted by atomic mass is 9.97. The van der Waals surface area contributed by atoms with E-state index < -0.39 is 0 Å². The number of hydrogen-bond donors (Lipinski definition) is 0. The quantitative estimate of drug-likeness (QED) is 0.180. The summed E-state index contributed by atoms with van der Waals surface area (Å²) < 4.78 is 12.9. The lowest BCUT2D eigenvalue weighted by molar-refractivity contribution is 0.668. The molecule has 0 radical (unpaired) electrons. The lowest BCUT2D eigenvalue weighted by Gasteiger charge is -2.11. The lowest BCUT2D eigenvalue weighted by Crippen LogP contribution is -2.01. The molecular weight excluding hydrogens is 663 g/mol. The standard InChI is InChI=1S/C49H29N3O2/c1-2-12-30(13-3-1)32-16-8-17-34(28-32)47-50-48(39-21-10-24-42-45(39)37-19-6-7-23-41(37)53-42)52-49(51-47)40-22-11-25-43-46(40)38-27-26-33(29-44(38)54-43)36-20-9-15-31-14-4-5-18-35(31)36/h1-29H. The van der Waals surface area contributed by atoms with Crippen LogP contribution in [0.1, 0.15) is 0 Å². The molecule has 0 N–H and O–H groups in total. The Balaban J connectivity index is 1.14. The highest BCUT2D eigenvalue weighted by molar-refractivity contribution is 6.14. The van der Waals surface area contributed by atoms with Crippen LogP contribution in [0.25, 0.3) is 111 Å². The predicted octanol–water partition coefficient (Wildman–Crippen LogP) is 13.2. The van der Waals surface area contributed by atoms with Crippen LogP contribution in [0.15, 0.2) is 185 Å². The van der Waals surface area contributed by atoms with Gasteiger partial charge in [0, 0.05) is 38.2 Å². The zero-order chi connectivity index (χ0) is 35.6. The normalized spacial score (nSPS) is 11.7. The van der Waals surface area contributed by atoms with Crippen molar-refractivity contribution >= 4 is 54.6 Å². The van der Waals surface area contributed by atoms with Gasteiger partial charge in [0.25, 0.3) is 0 Å². The SMILES string of the molecule is c1ccc(-c2cccc(-c3nc(-c4cccc5oc6ccccc6c45)nc(-c4cccc5oc6cc(-c7cccc8ccccc78)ccc6c45)n3)c2)cc1. The number of fused-ring (bicyclic) bond motifs is 7. The maximum absolute atomic E-state index is 6.60. The van der Waals surface area contributed by atoms with E-state index in [4.69, 9.17) is 23.8 Å². The molecule has 11 rings (SSSR count). The van der Waals surface area contributed by atoms with Crippen molar-refractivity contribution in [2.45, 2.75) is 0 Å². The van der Waals surface area contributed by atoms with Crippen molar-refractivity contribution in [3.05, 3.63) is 176 Å². The van der Waals surface area contributed by atoms with Gasteiger partial charge in [-0.2, -0.15) is 0 Å². The molecule has 8 aromatic carbocycles. The molecule has 252 valence electrons. The topological polar surface area (TPSA) is 65.0 Å². The van der Waals surface area contributed by atoms with E-state index in [9.17, 15) is 0 Å². The van der Waals surface area contributed by atoms with Crippen molar-refractivity contribution in [1.29, 1.82) is 0 Å². The average Bonchev–Trinajstić information content (AvgIpc) is 3.82. The van der Waals surface area contributed by atoms with Crippen LogP contribution < -0.4 is 0 Å². The molecule has 11 aromatic rings. The van der Waals surface area contributed by atoms with Crippen LogP contribution in [0, 0.1) is 0 Å². The Morgan fingerprint density at radius 1 is 0.296 bits per heavy atom. The minimum atomic E-state index is 0.566. The minimum Gasteiger partial charge on any atom is -0.456 e. The summed E-state index contributed by atoms with van der Waals surface area (Å²) >= 11 is 0. The maximum atomic E-state index is 6.60. The molecule has 0 amide bonds. The zero-order valence-corrected chi connectivity index (χ0v) is 28.9. The summed E-state index contributed by atoms with van der Waals surface area (Å²) in [6.45, 7) is 0. The Morgan fingerprint density at radius 3 is 1.63 bits per heavy atom. The van der Waals surface area contributed by atoms with Crippen LogP contribution in [-0.2, 0) is 0 Å². The molecule has 0 atom stereocenters. The number of para-hydroxylation sites is 1. The number of nitrogens with zero attached hydrogens (tertiary/aromatic N) is 3. The van der Waals surface area contributed by atoms with Gasteiger partial charge in [-0.3, -0.25) is 0 Å². The number of rotatable bonds is 5. The van der Waals surface area contributed by atoms with E-state index in [1.54, 1.807) is 0 Å². The molecule has 0 aliphatic heterocycles. The Labute approximate surface area is 309 Å². The summed E-state index contributed by atoms with van der Waals surface area (Å²) in [4.78, 5) is 15.6. The molecule has 0 fully saturated rings. The third-order valence-corrected chi connectivity index (χ3v) is 10.3. The van der Waals surface area contributed by atoms with Crippen molar-refractivity contribution < 1.29 is 8.83 Å². The van der Waals surface area contributed by atoms with Gasteiger partial charge in [0.1, 0.15) is 22.3 Å². The molecule has 0 saturated heterocycles. The molecule has 0 aliphatic rings. The minimum absolute atomic E-state index is 0.566. The van der Waals surface area contributed by atoms with E-state index in [0.717, 1.165) is 77.3 Å². The first-order chi connectivity index (χ1) is 26.7. The van der Waals surface area contributed by atoms with Gasteiger partial charge in [0.05, 0.1) is 0 Å². The van der Waals surface area contributed by atoms with E-state index in [-0.39, 0.29) is 0 Å².